The Morgan fingerprint density at radius 1 is 0.909 bits per heavy atom. The number of para-hydroxylation sites is 1. The van der Waals surface area contributed by atoms with Gasteiger partial charge in [-0.3, -0.25) is 24.4 Å². The van der Waals surface area contributed by atoms with Crippen LogP contribution in [0.2, 0.25) is 5.02 Å². The van der Waals surface area contributed by atoms with E-state index in [-0.39, 0.29) is 30.3 Å². The Labute approximate surface area is 332 Å². The first-order valence-corrected chi connectivity index (χ1v) is 20.3. The standard InChI is InChI=1S/C43H50ClN7O3S/c1-51-37(23-31-26-48-35-12-4-3-11-32(31)35)38(52)16-15-33-34(44)27-50-41(28-17-21-47-22-18-28)42(33)55-40-14-5-2-10-30(40)25-49-36(13-8-20-46)39(53)24-29(43(51)54)9-6-7-19-45/h2-5,10-12,14,17-18,21-22,26-27,29,36-37,48-49H,6-9,13,15-16,19-20,23-25,45-46H2,1H3/t29-,36+,37+/m1/s1. The molecule has 0 radical (unpaired) electrons. The number of hydrogen-bond donors (Lipinski definition) is 4. The molecule has 0 bridgehead atoms. The van der Waals surface area contributed by atoms with Crippen molar-refractivity contribution in [2.75, 3.05) is 20.1 Å². The zero-order valence-electron chi connectivity index (χ0n) is 31.3. The lowest BCUT2D eigenvalue weighted by molar-refractivity contribution is -0.143. The fraction of sp³-hybridized carbons (Fsp3) is 0.372. The normalized spacial score (nSPS) is 18.9. The van der Waals surface area contributed by atoms with Crippen molar-refractivity contribution < 1.29 is 14.4 Å². The second kappa shape index (κ2) is 19.5. The minimum absolute atomic E-state index is 0.0387. The molecule has 0 saturated heterocycles. The third kappa shape index (κ3) is 9.89. The van der Waals surface area contributed by atoms with Crippen LogP contribution in [0.1, 0.15) is 61.6 Å². The number of pyridine rings is 2. The predicted molar refractivity (Wildman–Crippen MR) is 220 cm³/mol. The van der Waals surface area contributed by atoms with E-state index in [1.807, 2.05) is 60.8 Å². The van der Waals surface area contributed by atoms with Gasteiger partial charge in [0.05, 0.1) is 22.8 Å². The van der Waals surface area contributed by atoms with E-state index in [1.165, 1.54) is 0 Å². The number of carbonyl (C=O) groups excluding carboxylic acids is 3. The van der Waals surface area contributed by atoms with Gasteiger partial charge in [-0.25, -0.2) is 0 Å². The molecule has 4 heterocycles. The number of likely N-dealkylation sites (N-methyl/N-ethyl adjacent to an activating group) is 1. The Hall–Kier alpha value is -4.39. The highest BCUT2D eigenvalue weighted by atomic mass is 35.5. The van der Waals surface area contributed by atoms with E-state index < -0.39 is 18.0 Å². The SMILES string of the molecule is CN1C(=O)[C@H](CCCCN)CC(=O)[C@H](CCCN)NCc2ccccc2Sc2c(-c3ccncc3)ncc(Cl)c2CCC(=O)[C@@H]1Cc1c[nH]c2ccccc12. The van der Waals surface area contributed by atoms with Crippen LogP contribution >= 0.6 is 23.4 Å². The van der Waals surface area contributed by atoms with Gasteiger partial charge in [-0.15, -0.1) is 0 Å². The Bertz CT molecular complexity index is 2090. The molecule has 3 aromatic heterocycles. The Morgan fingerprint density at radius 3 is 2.47 bits per heavy atom. The van der Waals surface area contributed by atoms with Crippen LogP contribution in [-0.4, -0.2) is 69.5 Å². The summed E-state index contributed by atoms with van der Waals surface area (Å²) in [5.41, 5.74) is 17.1. The maximum atomic E-state index is 14.7. The van der Waals surface area contributed by atoms with E-state index in [9.17, 15) is 14.4 Å². The number of nitrogens with zero attached hydrogens (tertiary/aromatic N) is 3. The highest BCUT2D eigenvalue weighted by Crippen LogP contribution is 2.42. The van der Waals surface area contributed by atoms with Crippen LogP contribution in [0.15, 0.2) is 95.2 Å². The Kier molecular flexibility index (Phi) is 14.3. The molecule has 6 N–H and O–H groups in total. The fourth-order valence-electron chi connectivity index (χ4n) is 7.42. The fourth-order valence-corrected chi connectivity index (χ4v) is 8.96. The van der Waals surface area contributed by atoms with Crippen molar-refractivity contribution in [3.05, 3.63) is 107 Å². The number of nitrogens with one attached hydrogen (secondary N) is 2. The molecule has 6 rings (SSSR count). The predicted octanol–water partition coefficient (Wildman–Crippen LogP) is 6.92. The number of benzene rings is 2. The number of aromatic amines is 1. The van der Waals surface area contributed by atoms with Gasteiger partial charge in [0.15, 0.2) is 11.6 Å². The third-order valence-electron chi connectivity index (χ3n) is 10.5. The molecule has 1 aliphatic rings. The molecule has 3 atom stereocenters. The van der Waals surface area contributed by atoms with E-state index in [0.717, 1.165) is 55.1 Å². The number of halogens is 1. The van der Waals surface area contributed by atoms with Crippen molar-refractivity contribution in [2.45, 2.75) is 86.2 Å². The van der Waals surface area contributed by atoms with Gasteiger partial charge < -0.3 is 26.7 Å². The summed E-state index contributed by atoms with van der Waals surface area (Å²) in [4.78, 5) is 59.3. The Balaban J connectivity index is 1.46. The van der Waals surface area contributed by atoms with Crippen molar-refractivity contribution in [3.63, 3.8) is 0 Å². The number of Topliss-reactive ketones (excluding diaryl/α,β-unsaturated/α-hetero) is 2. The minimum Gasteiger partial charge on any atom is -0.361 e. The number of ketones is 2. The van der Waals surface area contributed by atoms with Gasteiger partial charge in [0.1, 0.15) is 0 Å². The highest BCUT2D eigenvalue weighted by molar-refractivity contribution is 7.99. The summed E-state index contributed by atoms with van der Waals surface area (Å²) in [5, 5.41) is 5.01. The van der Waals surface area contributed by atoms with E-state index in [4.69, 9.17) is 28.1 Å². The second-order valence-electron chi connectivity index (χ2n) is 14.2. The molecule has 0 unspecified atom stereocenters. The monoisotopic (exact) mass is 779 g/mol. The molecule has 10 nitrogen and oxygen atoms in total. The number of rotatable bonds is 10. The van der Waals surface area contributed by atoms with Gasteiger partial charge in [-0.1, -0.05) is 66.2 Å². The second-order valence-corrected chi connectivity index (χ2v) is 15.7. The number of fused-ring (bicyclic) bond motifs is 3. The van der Waals surface area contributed by atoms with Gasteiger partial charge in [0, 0.05) is 89.8 Å². The third-order valence-corrected chi connectivity index (χ3v) is 12.1. The molecule has 12 heteroatoms. The van der Waals surface area contributed by atoms with Crippen molar-refractivity contribution in [3.8, 4) is 11.3 Å². The number of unbranched alkanes of at least 4 members (excludes halogenated alkanes) is 1. The first kappa shape index (κ1) is 40.3. The first-order chi connectivity index (χ1) is 26.8. The average Bonchev–Trinajstić information content (AvgIpc) is 3.62. The summed E-state index contributed by atoms with van der Waals surface area (Å²) in [6.45, 7) is 1.36. The van der Waals surface area contributed by atoms with Gasteiger partial charge >= 0.3 is 0 Å². The summed E-state index contributed by atoms with van der Waals surface area (Å²) in [6, 6.07) is 18.5. The van der Waals surface area contributed by atoms with Gasteiger partial charge in [0.2, 0.25) is 5.91 Å². The molecule has 0 spiro atoms. The number of carbonyl (C=O) groups is 3. The van der Waals surface area contributed by atoms with Gasteiger partial charge in [-0.2, -0.15) is 0 Å². The number of nitrogens with two attached hydrogens (primary N) is 2. The molecule has 5 aromatic rings. The molecule has 0 aliphatic carbocycles. The lowest BCUT2D eigenvalue weighted by atomic mass is 9.89. The van der Waals surface area contributed by atoms with Crippen LogP contribution in [0.25, 0.3) is 22.2 Å². The molecule has 0 saturated carbocycles. The zero-order chi connectivity index (χ0) is 38.7. The maximum absolute atomic E-state index is 14.7. The number of amides is 1. The smallest absolute Gasteiger partial charge is 0.226 e. The van der Waals surface area contributed by atoms with Crippen molar-refractivity contribution >= 4 is 51.7 Å². The van der Waals surface area contributed by atoms with Crippen LogP contribution in [0.5, 0.6) is 0 Å². The lowest BCUT2D eigenvalue weighted by Gasteiger charge is -2.31. The largest absolute Gasteiger partial charge is 0.361 e. The van der Waals surface area contributed by atoms with Crippen LogP contribution < -0.4 is 16.8 Å². The van der Waals surface area contributed by atoms with E-state index in [2.05, 4.69) is 21.4 Å². The lowest BCUT2D eigenvalue weighted by Crippen LogP contribution is -2.47. The molecule has 0 fully saturated rings. The van der Waals surface area contributed by atoms with E-state index >= 15 is 0 Å². The maximum Gasteiger partial charge on any atom is 0.226 e. The van der Waals surface area contributed by atoms with Crippen LogP contribution in [0, 0.1) is 5.92 Å². The number of H-pyrrole nitrogens is 1. The zero-order valence-corrected chi connectivity index (χ0v) is 32.9. The number of aromatic nitrogens is 3. The summed E-state index contributed by atoms with van der Waals surface area (Å²) >= 11 is 8.55. The molecule has 2 aromatic carbocycles. The van der Waals surface area contributed by atoms with Crippen molar-refractivity contribution in [1.29, 1.82) is 0 Å². The van der Waals surface area contributed by atoms with E-state index in [1.54, 1.807) is 42.3 Å². The van der Waals surface area contributed by atoms with Crippen LogP contribution in [0.3, 0.4) is 0 Å². The Morgan fingerprint density at radius 2 is 1.67 bits per heavy atom. The first-order valence-electron chi connectivity index (χ1n) is 19.1. The van der Waals surface area contributed by atoms with E-state index in [0.29, 0.717) is 63.2 Å². The van der Waals surface area contributed by atoms with Gasteiger partial charge in [0.25, 0.3) is 0 Å². The van der Waals surface area contributed by atoms with Crippen LogP contribution in [-0.2, 0) is 33.8 Å². The molecular formula is C43H50ClN7O3S. The summed E-state index contributed by atoms with van der Waals surface area (Å²) in [6.07, 6.45) is 11.0. The summed E-state index contributed by atoms with van der Waals surface area (Å²) < 4.78 is 0. The van der Waals surface area contributed by atoms with Crippen LogP contribution in [0.4, 0.5) is 0 Å². The summed E-state index contributed by atoms with van der Waals surface area (Å²) in [7, 11) is 1.71. The molecule has 55 heavy (non-hydrogen) atoms. The number of hydrogen-bond acceptors (Lipinski definition) is 9. The van der Waals surface area contributed by atoms with Crippen molar-refractivity contribution in [2.24, 2.45) is 17.4 Å². The van der Waals surface area contributed by atoms with Gasteiger partial charge in [-0.05, 0) is 86.1 Å². The van der Waals surface area contributed by atoms with Crippen molar-refractivity contribution in [1.82, 2.24) is 25.2 Å². The molecular weight excluding hydrogens is 730 g/mol. The summed E-state index contributed by atoms with van der Waals surface area (Å²) in [5.74, 6) is -0.945. The minimum atomic E-state index is -0.780. The molecule has 1 aliphatic heterocycles. The topological polar surface area (TPSA) is 160 Å². The quantitative estimate of drug-likeness (QED) is 0.110. The molecule has 288 valence electrons. The average molecular weight is 780 g/mol. The molecule has 1 amide bonds. The highest BCUT2D eigenvalue weighted by Gasteiger charge is 2.34.